The van der Waals surface area contributed by atoms with E-state index in [0.717, 1.165) is 4.90 Å². The molecule has 1 aromatic carbocycles. The SMILES string of the molecule is CC(O)c1cc([N+](=O)[O-])c(Sc2ccccc2Cl)s1. The topological polar surface area (TPSA) is 63.4 Å². The lowest BCUT2D eigenvalue weighted by Crippen LogP contribution is -1.87. The maximum absolute atomic E-state index is 11.0. The van der Waals surface area contributed by atoms with Crippen molar-refractivity contribution in [2.75, 3.05) is 0 Å². The molecule has 0 spiro atoms. The normalized spacial score (nSPS) is 12.4. The second-order valence-corrected chi connectivity index (χ2v) is 6.59. The molecule has 1 aromatic heterocycles. The number of hydrogen-bond acceptors (Lipinski definition) is 5. The first-order valence-electron chi connectivity index (χ1n) is 5.37. The fourth-order valence-corrected chi connectivity index (χ4v) is 3.94. The summed E-state index contributed by atoms with van der Waals surface area (Å²) in [7, 11) is 0. The molecule has 0 saturated heterocycles. The summed E-state index contributed by atoms with van der Waals surface area (Å²) in [5, 5.41) is 21.1. The maximum atomic E-state index is 11.0. The molecule has 0 saturated carbocycles. The van der Waals surface area contributed by atoms with E-state index in [9.17, 15) is 15.2 Å². The first-order valence-corrected chi connectivity index (χ1v) is 7.38. The highest BCUT2D eigenvalue weighted by atomic mass is 35.5. The Morgan fingerprint density at radius 1 is 1.47 bits per heavy atom. The van der Waals surface area contributed by atoms with Crippen LogP contribution < -0.4 is 0 Å². The molecule has 7 heteroatoms. The van der Waals surface area contributed by atoms with Crippen LogP contribution in [0.1, 0.15) is 17.9 Å². The molecular weight excluding hydrogens is 306 g/mol. The van der Waals surface area contributed by atoms with Gasteiger partial charge in [-0.3, -0.25) is 10.1 Å². The van der Waals surface area contributed by atoms with Gasteiger partial charge < -0.3 is 5.11 Å². The zero-order valence-corrected chi connectivity index (χ0v) is 12.3. The third-order valence-electron chi connectivity index (χ3n) is 2.35. The molecule has 0 fully saturated rings. The van der Waals surface area contributed by atoms with Crippen LogP contribution in [0, 0.1) is 10.1 Å². The lowest BCUT2D eigenvalue weighted by Gasteiger charge is -2.01. The Morgan fingerprint density at radius 2 is 2.16 bits per heavy atom. The van der Waals surface area contributed by atoms with E-state index in [-0.39, 0.29) is 5.69 Å². The van der Waals surface area contributed by atoms with Crippen molar-refractivity contribution in [1.82, 2.24) is 0 Å². The number of nitro groups is 1. The number of hydrogen-bond donors (Lipinski definition) is 1. The third kappa shape index (κ3) is 3.27. The summed E-state index contributed by atoms with van der Waals surface area (Å²) in [5.74, 6) is 0. The maximum Gasteiger partial charge on any atom is 0.294 e. The van der Waals surface area contributed by atoms with E-state index < -0.39 is 11.0 Å². The highest BCUT2D eigenvalue weighted by Crippen LogP contribution is 2.44. The van der Waals surface area contributed by atoms with E-state index in [1.807, 2.05) is 6.07 Å². The number of rotatable bonds is 4. The quantitative estimate of drug-likeness (QED) is 0.665. The Kier molecular flexibility index (Phi) is 4.46. The zero-order valence-electron chi connectivity index (χ0n) is 9.87. The van der Waals surface area contributed by atoms with Gasteiger partial charge in [0.2, 0.25) is 0 Å². The van der Waals surface area contributed by atoms with Gasteiger partial charge in [0.05, 0.1) is 16.0 Å². The van der Waals surface area contributed by atoms with Crippen LogP contribution in [0.3, 0.4) is 0 Å². The van der Waals surface area contributed by atoms with Gasteiger partial charge in [-0.1, -0.05) is 35.5 Å². The summed E-state index contributed by atoms with van der Waals surface area (Å²) < 4.78 is 0.522. The minimum absolute atomic E-state index is 0.00539. The number of nitrogens with zero attached hydrogens (tertiary/aromatic N) is 1. The molecule has 100 valence electrons. The Balaban J connectivity index is 2.39. The molecule has 0 amide bonds. The fraction of sp³-hybridized carbons (Fsp3) is 0.167. The van der Waals surface area contributed by atoms with Crippen LogP contribution in [0.2, 0.25) is 5.02 Å². The number of thiophene rings is 1. The van der Waals surface area contributed by atoms with E-state index in [2.05, 4.69) is 0 Å². The minimum Gasteiger partial charge on any atom is -0.388 e. The largest absolute Gasteiger partial charge is 0.388 e. The van der Waals surface area contributed by atoms with Crippen molar-refractivity contribution in [3.8, 4) is 0 Å². The lowest BCUT2D eigenvalue weighted by atomic mass is 10.3. The fourth-order valence-electron chi connectivity index (χ4n) is 1.42. The van der Waals surface area contributed by atoms with Crippen LogP contribution in [0.15, 0.2) is 39.4 Å². The smallest absolute Gasteiger partial charge is 0.294 e. The summed E-state index contributed by atoms with van der Waals surface area (Å²) in [6, 6.07) is 8.57. The van der Waals surface area contributed by atoms with Gasteiger partial charge in [0.25, 0.3) is 5.69 Å². The van der Waals surface area contributed by atoms with E-state index in [0.29, 0.717) is 14.1 Å². The van der Waals surface area contributed by atoms with E-state index in [4.69, 9.17) is 11.6 Å². The van der Waals surface area contributed by atoms with Gasteiger partial charge in [-0.2, -0.15) is 0 Å². The van der Waals surface area contributed by atoms with Crippen LogP contribution in [0.25, 0.3) is 0 Å². The van der Waals surface area contributed by atoms with Crippen LogP contribution in [-0.2, 0) is 0 Å². The molecule has 0 aliphatic rings. The molecule has 0 aliphatic heterocycles. The Morgan fingerprint density at radius 3 is 2.74 bits per heavy atom. The molecule has 19 heavy (non-hydrogen) atoms. The molecule has 0 aliphatic carbocycles. The van der Waals surface area contributed by atoms with Gasteiger partial charge >= 0.3 is 0 Å². The van der Waals surface area contributed by atoms with Gasteiger partial charge in [0, 0.05) is 15.8 Å². The molecule has 0 radical (unpaired) electrons. The van der Waals surface area contributed by atoms with Crippen molar-refractivity contribution in [3.05, 3.63) is 50.3 Å². The van der Waals surface area contributed by atoms with Crippen LogP contribution in [-0.4, -0.2) is 10.0 Å². The van der Waals surface area contributed by atoms with Gasteiger partial charge in [-0.25, -0.2) is 0 Å². The third-order valence-corrected chi connectivity index (χ3v) is 5.35. The first-order chi connectivity index (χ1) is 8.99. The van der Waals surface area contributed by atoms with Crippen LogP contribution in [0.5, 0.6) is 0 Å². The van der Waals surface area contributed by atoms with Gasteiger partial charge in [-0.15, -0.1) is 11.3 Å². The number of halogens is 1. The second-order valence-electron chi connectivity index (χ2n) is 3.79. The molecule has 2 aromatic rings. The van der Waals surface area contributed by atoms with E-state index in [1.54, 1.807) is 25.1 Å². The van der Waals surface area contributed by atoms with Crippen LogP contribution in [0.4, 0.5) is 5.69 Å². The van der Waals surface area contributed by atoms with E-state index >= 15 is 0 Å². The van der Waals surface area contributed by atoms with Crippen molar-refractivity contribution in [2.45, 2.75) is 22.1 Å². The monoisotopic (exact) mass is 315 g/mol. The highest BCUT2D eigenvalue weighted by molar-refractivity contribution is 8.01. The molecule has 1 atom stereocenters. The van der Waals surface area contributed by atoms with Gasteiger partial charge in [-0.05, 0) is 19.1 Å². The molecule has 0 bridgehead atoms. The number of aliphatic hydroxyl groups excluding tert-OH is 1. The number of benzene rings is 1. The first kappa shape index (κ1) is 14.3. The van der Waals surface area contributed by atoms with Crippen molar-refractivity contribution in [1.29, 1.82) is 0 Å². The summed E-state index contributed by atoms with van der Waals surface area (Å²) in [4.78, 5) is 11.9. The highest BCUT2D eigenvalue weighted by Gasteiger charge is 2.22. The minimum atomic E-state index is -0.718. The van der Waals surface area contributed by atoms with Crippen molar-refractivity contribution in [3.63, 3.8) is 0 Å². The average Bonchev–Trinajstić information content (AvgIpc) is 2.76. The molecule has 1 heterocycles. The van der Waals surface area contributed by atoms with Gasteiger partial charge in [0.15, 0.2) is 0 Å². The Bertz CT molecular complexity index is 613. The predicted octanol–water partition coefficient (Wildman–Crippen LogP) is 4.51. The standard InChI is InChI=1S/C12H10ClNO3S2/c1-7(15)11-6-9(14(16)17)12(19-11)18-10-5-3-2-4-8(10)13/h2-7,15H,1H3. The molecule has 2 rings (SSSR count). The summed E-state index contributed by atoms with van der Waals surface area (Å²) >= 11 is 8.49. The zero-order chi connectivity index (χ0) is 14.0. The van der Waals surface area contributed by atoms with Gasteiger partial charge in [0.1, 0.15) is 4.21 Å². The average molecular weight is 316 g/mol. The Labute approximate surface area is 123 Å². The van der Waals surface area contributed by atoms with Crippen molar-refractivity contribution >= 4 is 40.4 Å². The van der Waals surface area contributed by atoms with Crippen molar-refractivity contribution in [2.24, 2.45) is 0 Å². The second kappa shape index (κ2) is 5.92. The van der Waals surface area contributed by atoms with Crippen molar-refractivity contribution < 1.29 is 10.0 Å². The molecule has 1 N–H and O–H groups in total. The summed E-state index contributed by atoms with van der Waals surface area (Å²) in [5.41, 5.74) is 0.00539. The van der Waals surface area contributed by atoms with Crippen LogP contribution >= 0.6 is 34.7 Å². The predicted molar refractivity (Wildman–Crippen MR) is 77.2 cm³/mol. The molecular formula is C12H10ClNO3S2. The lowest BCUT2D eigenvalue weighted by molar-refractivity contribution is -0.387. The summed E-state index contributed by atoms with van der Waals surface area (Å²) in [6.45, 7) is 1.58. The van der Waals surface area contributed by atoms with E-state index in [1.165, 1.54) is 29.2 Å². The summed E-state index contributed by atoms with van der Waals surface area (Å²) in [6.07, 6.45) is -0.718. The Hall–Kier alpha value is -1.08. The molecule has 4 nitrogen and oxygen atoms in total. The molecule has 1 unspecified atom stereocenters. The number of aliphatic hydroxyl groups is 1.